The van der Waals surface area contributed by atoms with Crippen LogP contribution in [-0.2, 0) is 19.0 Å². The first-order valence-corrected chi connectivity index (χ1v) is 8.72. The van der Waals surface area contributed by atoms with Crippen LogP contribution in [0.1, 0.15) is 58.8 Å². The van der Waals surface area contributed by atoms with Gasteiger partial charge in [-0.3, -0.25) is 4.79 Å². The molecule has 1 spiro atoms. The number of carbonyl (C=O) groups is 1. The number of hydrogen-bond acceptors (Lipinski definition) is 5. The van der Waals surface area contributed by atoms with E-state index in [9.17, 15) is 9.90 Å². The second-order valence-corrected chi connectivity index (χ2v) is 7.02. The lowest BCUT2D eigenvalue weighted by atomic mass is 9.86. The van der Waals surface area contributed by atoms with Gasteiger partial charge in [0.15, 0.2) is 5.79 Å². The summed E-state index contributed by atoms with van der Waals surface area (Å²) in [6.45, 7) is 8.13. The van der Waals surface area contributed by atoms with Crippen molar-refractivity contribution in [3.05, 3.63) is 12.7 Å². The average molecular weight is 326 g/mol. The van der Waals surface area contributed by atoms with Crippen LogP contribution in [0.4, 0.5) is 0 Å². The molecule has 0 aromatic carbocycles. The second-order valence-electron chi connectivity index (χ2n) is 7.02. The van der Waals surface area contributed by atoms with E-state index in [1.165, 1.54) is 6.42 Å². The first-order chi connectivity index (χ1) is 10.9. The smallest absolute Gasteiger partial charge is 0.308 e. The van der Waals surface area contributed by atoms with E-state index in [2.05, 4.69) is 6.58 Å². The largest absolute Gasteiger partial charge is 0.466 e. The Labute approximate surface area is 139 Å². The number of rotatable bonds is 7. The molecule has 1 N–H and O–H groups in total. The summed E-state index contributed by atoms with van der Waals surface area (Å²) < 4.78 is 17.1. The summed E-state index contributed by atoms with van der Waals surface area (Å²) in [6, 6.07) is 0. The van der Waals surface area contributed by atoms with Crippen molar-refractivity contribution in [1.82, 2.24) is 0 Å². The molecule has 23 heavy (non-hydrogen) atoms. The van der Waals surface area contributed by atoms with Gasteiger partial charge in [0, 0.05) is 18.8 Å². The van der Waals surface area contributed by atoms with Crippen molar-refractivity contribution in [2.24, 2.45) is 5.92 Å². The van der Waals surface area contributed by atoms with Crippen LogP contribution < -0.4 is 0 Å². The molecule has 2 fully saturated rings. The summed E-state index contributed by atoms with van der Waals surface area (Å²) in [5, 5.41) is 10.5. The van der Waals surface area contributed by atoms with Gasteiger partial charge in [-0.1, -0.05) is 12.5 Å². The van der Waals surface area contributed by atoms with E-state index < -0.39 is 11.4 Å². The predicted octanol–water partition coefficient (Wildman–Crippen LogP) is 2.96. The highest BCUT2D eigenvalue weighted by atomic mass is 16.7. The van der Waals surface area contributed by atoms with Crippen LogP contribution in [0.25, 0.3) is 0 Å². The molecule has 2 rings (SSSR count). The minimum absolute atomic E-state index is 0.0239. The third kappa shape index (κ3) is 5.03. The molecule has 0 aromatic heterocycles. The molecule has 5 heteroatoms. The summed E-state index contributed by atoms with van der Waals surface area (Å²) >= 11 is 0. The van der Waals surface area contributed by atoms with Crippen LogP contribution in [-0.4, -0.2) is 41.8 Å². The number of carbonyl (C=O) groups excluding carboxylic acids is 1. The highest BCUT2D eigenvalue weighted by molar-refractivity contribution is 5.70. The maximum Gasteiger partial charge on any atom is 0.308 e. The van der Waals surface area contributed by atoms with Crippen molar-refractivity contribution in [3.63, 3.8) is 0 Å². The fourth-order valence-corrected chi connectivity index (χ4v) is 3.61. The van der Waals surface area contributed by atoms with Gasteiger partial charge in [-0.05, 0) is 33.1 Å². The standard InChI is InChI=1S/C18H30O5/c1-4-14(11-17(3,20)12-16(19)21-5-2)15-13-22-18(23-15)9-7-6-8-10-18/h4,14-15,20H,1,5-13H2,2-3H3/t14-,15+,17?/m0/s1. The third-order valence-electron chi connectivity index (χ3n) is 4.78. The minimum atomic E-state index is -1.14. The Morgan fingerprint density at radius 1 is 1.48 bits per heavy atom. The summed E-state index contributed by atoms with van der Waals surface area (Å²) in [5.41, 5.74) is -1.14. The molecule has 1 saturated carbocycles. The maximum atomic E-state index is 11.6. The normalized spacial score (nSPS) is 27.3. The van der Waals surface area contributed by atoms with Gasteiger partial charge in [0.05, 0.1) is 31.3 Å². The van der Waals surface area contributed by atoms with Crippen LogP contribution in [0.2, 0.25) is 0 Å². The summed E-state index contributed by atoms with van der Waals surface area (Å²) in [6.07, 6.45) is 7.44. The van der Waals surface area contributed by atoms with E-state index in [0.717, 1.165) is 25.7 Å². The van der Waals surface area contributed by atoms with Gasteiger partial charge in [0.1, 0.15) is 0 Å². The molecule has 132 valence electrons. The highest BCUT2D eigenvalue weighted by Gasteiger charge is 2.45. The van der Waals surface area contributed by atoms with E-state index in [1.807, 2.05) is 0 Å². The predicted molar refractivity (Wildman–Crippen MR) is 86.8 cm³/mol. The lowest BCUT2D eigenvalue weighted by molar-refractivity contribution is -0.191. The first kappa shape index (κ1) is 18.4. The number of ether oxygens (including phenoxy) is 3. The van der Waals surface area contributed by atoms with Crippen molar-refractivity contribution in [2.45, 2.75) is 76.3 Å². The van der Waals surface area contributed by atoms with Crippen molar-refractivity contribution in [2.75, 3.05) is 13.2 Å². The van der Waals surface area contributed by atoms with Crippen LogP contribution >= 0.6 is 0 Å². The van der Waals surface area contributed by atoms with Crippen molar-refractivity contribution >= 4 is 5.97 Å². The molecular formula is C18H30O5. The molecule has 0 aromatic rings. The average Bonchev–Trinajstić information content (AvgIpc) is 2.89. The summed E-state index contributed by atoms with van der Waals surface area (Å²) in [7, 11) is 0. The minimum Gasteiger partial charge on any atom is -0.466 e. The molecule has 0 radical (unpaired) electrons. The Kier molecular flexibility index (Phi) is 6.23. The molecule has 1 unspecified atom stereocenters. The molecule has 0 bridgehead atoms. The lowest BCUT2D eigenvalue weighted by Crippen LogP contribution is -2.37. The van der Waals surface area contributed by atoms with Crippen molar-refractivity contribution in [1.29, 1.82) is 0 Å². The Morgan fingerprint density at radius 3 is 2.78 bits per heavy atom. The third-order valence-corrected chi connectivity index (χ3v) is 4.78. The Hall–Kier alpha value is -0.910. The first-order valence-electron chi connectivity index (χ1n) is 8.72. The molecular weight excluding hydrogens is 296 g/mol. The van der Waals surface area contributed by atoms with Gasteiger partial charge < -0.3 is 19.3 Å². The molecule has 5 nitrogen and oxygen atoms in total. The molecule has 3 atom stereocenters. The highest BCUT2D eigenvalue weighted by Crippen LogP contribution is 2.41. The zero-order chi connectivity index (χ0) is 16.9. The second kappa shape index (κ2) is 7.77. The molecule has 1 aliphatic heterocycles. The van der Waals surface area contributed by atoms with Gasteiger partial charge in [-0.15, -0.1) is 6.58 Å². The monoisotopic (exact) mass is 326 g/mol. The molecule has 1 aliphatic carbocycles. The van der Waals surface area contributed by atoms with E-state index in [0.29, 0.717) is 19.6 Å². The van der Waals surface area contributed by atoms with E-state index in [1.54, 1.807) is 19.9 Å². The zero-order valence-corrected chi connectivity index (χ0v) is 14.4. The Morgan fingerprint density at radius 2 is 2.17 bits per heavy atom. The fraction of sp³-hybridized carbons (Fsp3) is 0.833. The van der Waals surface area contributed by atoms with Gasteiger partial charge in [0.2, 0.25) is 0 Å². The van der Waals surface area contributed by atoms with Crippen LogP contribution in [0, 0.1) is 5.92 Å². The fourth-order valence-electron chi connectivity index (χ4n) is 3.61. The van der Waals surface area contributed by atoms with Crippen LogP contribution in [0.5, 0.6) is 0 Å². The Balaban J connectivity index is 1.92. The van der Waals surface area contributed by atoms with Crippen molar-refractivity contribution in [3.8, 4) is 0 Å². The lowest BCUT2D eigenvalue weighted by Gasteiger charge is -2.33. The molecule has 1 saturated heterocycles. The number of esters is 1. The summed E-state index contributed by atoms with van der Waals surface area (Å²) in [5.74, 6) is -0.870. The molecule has 2 aliphatic rings. The maximum absolute atomic E-state index is 11.6. The van der Waals surface area contributed by atoms with Crippen LogP contribution in [0.15, 0.2) is 12.7 Å². The quantitative estimate of drug-likeness (QED) is 0.575. The zero-order valence-electron chi connectivity index (χ0n) is 14.4. The van der Waals surface area contributed by atoms with E-state index in [4.69, 9.17) is 14.2 Å². The van der Waals surface area contributed by atoms with Crippen molar-refractivity contribution < 1.29 is 24.1 Å². The van der Waals surface area contributed by atoms with Gasteiger partial charge in [-0.25, -0.2) is 0 Å². The summed E-state index contributed by atoms with van der Waals surface area (Å²) in [4.78, 5) is 11.6. The van der Waals surface area contributed by atoms with Gasteiger partial charge in [0.25, 0.3) is 0 Å². The van der Waals surface area contributed by atoms with Gasteiger partial charge in [-0.2, -0.15) is 0 Å². The SMILES string of the molecule is C=C[C@@H](CC(C)(O)CC(=O)OCC)[C@H]1COC2(CCCCC2)O1. The molecule has 0 amide bonds. The van der Waals surface area contributed by atoms with E-state index in [-0.39, 0.29) is 24.4 Å². The van der Waals surface area contributed by atoms with Gasteiger partial charge >= 0.3 is 5.97 Å². The van der Waals surface area contributed by atoms with Crippen LogP contribution in [0.3, 0.4) is 0 Å². The Bertz CT molecular complexity index is 412. The van der Waals surface area contributed by atoms with E-state index >= 15 is 0 Å². The number of hydrogen-bond donors (Lipinski definition) is 1. The molecule has 1 heterocycles. The number of aliphatic hydroxyl groups is 1. The topological polar surface area (TPSA) is 65.0 Å².